The van der Waals surface area contributed by atoms with Crippen LogP contribution in [0.5, 0.6) is 0 Å². The van der Waals surface area contributed by atoms with Crippen LogP contribution in [-0.4, -0.2) is 24.1 Å². The average Bonchev–Trinajstić information content (AvgIpc) is 2.88. The quantitative estimate of drug-likeness (QED) is 0.817. The predicted molar refractivity (Wildman–Crippen MR) is 85.6 cm³/mol. The zero-order valence-corrected chi connectivity index (χ0v) is 13.2. The van der Waals surface area contributed by atoms with Crippen LogP contribution in [0, 0.1) is 18.3 Å². The molecule has 0 aliphatic carbocycles. The summed E-state index contributed by atoms with van der Waals surface area (Å²) in [4.78, 5) is 35.3. The number of ketones is 1. The van der Waals surface area contributed by atoms with E-state index in [0.717, 1.165) is 0 Å². The molecule has 2 aromatic rings. The lowest BCUT2D eigenvalue weighted by atomic mass is 10.1. The van der Waals surface area contributed by atoms with Gasteiger partial charge in [0.25, 0.3) is 5.91 Å². The normalized spacial score (nSPS) is 9.88. The smallest absolute Gasteiger partial charge is 0.251 e. The van der Waals surface area contributed by atoms with Crippen LogP contribution in [0.1, 0.15) is 39.0 Å². The van der Waals surface area contributed by atoms with E-state index in [2.05, 4.69) is 10.6 Å². The van der Waals surface area contributed by atoms with Crippen LogP contribution in [0.3, 0.4) is 0 Å². The van der Waals surface area contributed by atoms with Crippen molar-refractivity contribution >= 4 is 23.5 Å². The Balaban J connectivity index is 2.03. The Morgan fingerprint density at radius 1 is 1.21 bits per heavy atom. The summed E-state index contributed by atoms with van der Waals surface area (Å²) in [7, 11) is 0. The molecule has 2 rings (SSSR count). The lowest BCUT2D eigenvalue weighted by Gasteiger charge is -2.05. The van der Waals surface area contributed by atoms with Gasteiger partial charge in [-0.25, -0.2) is 0 Å². The van der Waals surface area contributed by atoms with E-state index in [0.29, 0.717) is 5.56 Å². The van der Waals surface area contributed by atoms with E-state index in [1.165, 1.54) is 13.8 Å². The molecule has 1 aromatic heterocycles. The molecule has 0 aliphatic heterocycles. The lowest BCUT2D eigenvalue weighted by molar-refractivity contribution is -0.115. The van der Waals surface area contributed by atoms with Crippen molar-refractivity contribution in [3.8, 4) is 6.07 Å². The van der Waals surface area contributed by atoms with Gasteiger partial charge in [0.1, 0.15) is 17.4 Å². The Morgan fingerprint density at radius 3 is 2.46 bits per heavy atom. The maximum Gasteiger partial charge on any atom is 0.251 e. The Morgan fingerprint density at radius 2 is 1.88 bits per heavy atom. The summed E-state index contributed by atoms with van der Waals surface area (Å²) in [6, 6.07) is 10.3. The molecule has 0 saturated heterocycles. The van der Waals surface area contributed by atoms with Gasteiger partial charge in [0.15, 0.2) is 5.78 Å². The summed E-state index contributed by atoms with van der Waals surface area (Å²) in [6.07, 6.45) is 0. The largest absolute Gasteiger partial charge is 0.443 e. The standard InChI is InChI=1S/C17H15N3O4/c1-10(21)15-11(2)24-17(13(15)8-18)20-14(22)9-19-16(23)12-6-4-3-5-7-12/h3-7H,9H2,1-2H3,(H,19,23)(H,20,22). The molecule has 0 spiro atoms. The minimum atomic E-state index is -0.570. The molecular formula is C17H15N3O4. The number of nitrogens with zero attached hydrogens (tertiary/aromatic N) is 1. The van der Waals surface area contributed by atoms with E-state index in [9.17, 15) is 14.4 Å². The molecule has 0 unspecified atom stereocenters. The highest BCUT2D eigenvalue weighted by atomic mass is 16.4. The fourth-order valence-corrected chi connectivity index (χ4v) is 2.19. The van der Waals surface area contributed by atoms with Gasteiger partial charge in [-0.15, -0.1) is 0 Å². The summed E-state index contributed by atoms with van der Waals surface area (Å²) in [6.45, 7) is 2.54. The van der Waals surface area contributed by atoms with E-state index < -0.39 is 11.8 Å². The number of benzene rings is 1. The molecule has 7 heteroatoms. The zero-order valence-electron chi connectivity index (χ0n) is 13.2. The fourth-order valence-electron chi connectivity index (χ4n) is 2.19. The summed E-state index contributed by atoms with van der Waals surface area (Å²) >= 11 is 0. The first-order chi connectivity index (χ1) is 11.4. The zero-order chi connectivity index (χ0) is 17.7. The van der Waals surface area contributed by atoms with Gasteiger partial charge in [-0.3, -0.25) is 19.7 Å². The number of furan rings is 1. The van der Waals surface area contributed by atoms with Crippen LogP contribution in [0.15, 0.2) is 34.7 Å². The third kappa shape index (κ3) is 3.67. The van der Waals surface area contributed by atoms with E-state index in [-0.39, 0.29) is 35.1 Å². The topological polar surface area (TPSA) is 112 Å². The number of aryl methyl sites for hydroxylation is 1. The number of Topliss-reactive ketones (excluding diaryl/α,β-unsaturated/α-hetero) is 1. The van der Waals surface area contributed by atoms with Crippen molar-refractivity contribution in [3.05, 3.63) is 52.8 Å². The van der Waals surface area contributed by atoms with Crippen molar-refractivity contribution < 1.29 is 18.8 Å². The Kier molecular flexibility index (Phi) is 5.12. The molecule has 122 valence electrons. The molecule has 0 bridgehead atoms. The van der Waals surface area contributed by atoms with Crippen molar-refractivity contribution in [1.29, 1.82) is 5.26 Å². The van der Waals surface area contributed by atoms with Crippen LogP contribution in [0.2, 0.25) is 0 Å². The highest BCUT2D eigenvalue weighted by Gasteiger charge is 2.22. The first kappa shape index (κ1) is 17.0. The second-order valence-corrected chi connectivity index (χ2v) is 5.00. The number of anilines is 1. The molecule has 0 fully saturated rings. The molecule has 2 amide bonds. The van der Waals surface area contributed by atoms with E-state index in [1.54, 1.807) is 30.3 Å². The first-order valence-electron chi connectivity index (χ1n) is 7.11. The molecule has 24 heavy (non-hydrogen) atoms. The molecule has 0 aliphatic rings. The van der Waals surface area contributed by atoms with Crippen molar-refractivity contribution in [1.82, 2.24) is 5.32 Å². The van der Waals surface area contributed by atoms with Crippen molar-refractivity contribution in [2.24, 2.45) is 0 Å². The Labute approximate surface area is 138 Å². The number of carbonyl (C=O) groups excluding carboxylic acids is 3. The number of nitrogens with one attached hydrogen (secondary N) is 2. The lowest BCUT2D eigenvalue weighted by Crippen LogP contribution is -2.32. The van der Waals surface area contributed by atoms with Crippen molar-refractivity contribution in [2.45, 2.75) is 13.8 Å². The van der Waals surface area contributed by atoms with Crippen LogP contribution < -0.4 is 10.6 Å². The highest BCUT2D eigenvalue weighted by molar-refractivity contribution is 6.02. The first-order valence-corrected chi connectivity index (χ1v) is 7.11. The van der Waals surface area contributed by atoms with Crippen LogP contribution in [0.4, 0.5) is 5.88 Å². The van der Waals surface area contributed by atoms with Gasteiger partial charge in [0.2, 0.25) is 11.8 Å². The van der Waals surface area contributed by atoms with Gasteiger partial charge in [-0.05, 0) is 26.0 Å². The number of amides is 2. The summed E-state index contributed by atoms with van der Waals surface area (Å²) in [5, 5.41) is 14.0. The van der Waals surface area contributed by atoms with Gasteiger partial charge in [-0.2, -0.15) is 5.26 Å². The minimum Gasteiger partial charge on any atom is -0.443 e. The van der Waals surface area contributed by atoms with Gasteiger partial charge in [0, 0.05) is 5.56 Å². The van der Waals surface area contributed by atoms with Crippen LogP contribution in [-0.2, 0) is 4.79 Å². The Bertz CT molecular complexity index is 832. The monoisotopic (exact) mass is 325 g/mol. The third-order valence-corrected chi connectivity index (χ3v) is 3.25. The summed E-state index contributed by atoms with van der Waals surface area (Å²) in [5.41, 5.74) is 0.541. The SMILES string of the molecule is CC(=O)c1c(C)oc(NC(=O)CNC(=O)c2ccccc2)c1C#N. The second-order valence-electron chi connectivity index (χ2n) is 5.00. The third-order valence-electron chi connectivity index (χ3n) is 3.25. The maximum absolute atomic E-state index is 11.9. The van der Waals surface area contributed by atoms with Gasteiger partial charge in [-0.1, -0.05) is 18.2 Å². The average molecular weight is 325 g/mol. The molecule has 7 nitrogen and oxygen atoms in total. The number of carbonyl (C=O) groups is 3. The van der Waals surface area contributed by atoms with E-state index >= 15 is 0 Å². The van der Waals surface area contributed by atoms with Gasteiger partial charge in [0.05, 0.1) is 12.1 Å². The minimum absolute atomic E-state index is 0.0252. The Hall–Kier alpha value is -3.40. The second kappa shape index (κ2) is 7.24. The number of nitriles is 1. The van der Waals surface area contributed by atoms with E-state index in [1.807, 2.05) is 6.07 Å². The molecule has 2 N–H and O–H groups in total. The number of hydrogen-bond acceptors (Lipinski definition) is 5. The van der Waals surface area contributed by atoms with Crippen molar-refractivity contribution in [2.75, 3.05) is 11.9 Å². The molecule has 0 radical (unpaired) electrons. The molecular weight excluding hydrogens is 310 g/mol. The number of rotatable bonds is 5. The number of hydrogen-bond donors (Lipinski definition) is 2. The van der Waals surface area contributed by atoms with Crippen molar-refractivity contribution in [3.63, 3.8) is 0 Å². The molecule has 0 atom stereocenters. The summed E-state index contributed by atoms with van der Waals surface area (Å²) in [5.74, 6) is -1.14. The predicted octanol–water partition coefficient (Wildman–Crippen LogP) is 2.03. The highest BCUT2D eigenvalue weighted by Crippen LogP contribution is 2.26. The molecule has 1 aromatic carbocycles. The van der Waals surface area contributed by atoms with Gasteiger partial charge >= 0.3 is 0 Å². The summed E-state index contributed by atoms with van der Waals surface area (Å²) < 4.78 is 5.27. The molecule has 0 saturated carbocycles. The van der Waals surface area contributed by atoms with Crippen LogP contribution in [0.25, 0.3) is 0 Å². The maximum atomic E-state index is 11.9. The van der Waals surface area contributed by atoms with E-state index in [4.69, 9.17) is 9.68 Å². The fraction of sp³-hybridized carbons (Fsp3) is 0.176. The molecule has 1 heterocycles. The van der Waals surface area contributed by atoms with Gasteiger partial charge < -0.3 is 9.73 Å². The van der Waals surface area contributed by atoms with Crippen LogP contribution >= 0.6 is 0 Å².